The van der Waals surface area contributed by atoms with Crippen molar-refractivity contribution in [3.63, 3.8) is 0 Å². The minimum absolute atomic E-state index is 0.166. The number of amides is 1. The van der Waals surface area contributed by atoms with Crippen LogP contribution in [0.1, 0.15) is 22.3 Å². The van der Waals surface area contributed by atoms with Gasteiger partial charge in [-0.1, -0.05) is 24.3 Å². The van der Waals surface area contributed by atoms with E-state index in [0.717, 1.165) is 23.3 Å². The lowest BCUT2D eigenvalue weighted by atomic mass is 10.1. The number of hydrogen-bond acceptors (Lipinski definition) is 3. The number of nitrogens with one attached hydrogen (secondary N) is 1. The molecule has 7 heteroatoms. The number of esters is 1. The van der Waals surface area contributed by atoms with Gasteiger partial charge in [-0.3, -0.25) is 9.59 Å². The second kappa shape index (κ2) is 8.03. The molecule has 0 aliphatic heterocycles. The van der Waals surface area contributed by atoms with Gasteiger partial charge in [-0.25, -0.2) is 0 Å². The Labute approximate surface area is 149 Å². The van der Waals surface area contributed by atoms with Crippen molar-refractivity contribution in [1.29, 1.82) is 0 Å². The van der Waals surface area contributed by atoms with Gasteiger partial charge >= 0.3 is 12.1 Å². The summed E-state index contributed by atoms with van der Waals surface area (Å²) >= 11 is 0. The summed E-state index contributed by atoms with van der Waals surface area (Å²) < 4.78 is 42.8. The lowest BCUT2D eigenvalue weighted by Crippen LogP contribution is -2.21. The Morgan fingerprint density at radius 2 is 1.77 bits per heavy atom. The molecule has 1 N–H and O–H groups in total. The van der Waals surface area contributed by atoms with Crippen LogP contribution in [0.15, 0.2) is 42.5 Å². The Hall–Kier alpha value is -2.83. The molecule has 0 bridgehead atoms. The quantitative estimate of drug-likeness (QED) is 0.814. The Balaban J connectivity index is 1.86. The predicted molar refractivity (Wildman–Crippen MR) is 90.7 cm³/mol. The highest BCUT2D eigenvalue weighted by molar-refractivity contribution is 5.93. The molecule has 0 saturated heterocycles. The van der Waals surface area contributed by atoms with Crippen LogP contribution in [0.25, 0.3) is 0 Å². The van der Waals surface area contributed by atoms with Gasteiger partial charge in [0.15, 0.2) is 6.61 Å². The molecule has 0 aliphatic rings. The maximum atomic E-state index is 12.7. The topological polar surface area (TPSA) is 55.4 Å². The molecule has 0 aliphatic carbocycles. The molecule has 0 aromatic heterocycles. The number of ether oxygens (including phenoxy) is 1. The number of carbonyl (C=O) groups excluding carboxylic acids is 2. The van der Waals surface area contributed by atoms with Crippen LogP contribution in [0, 0.1) is 13.8 Å². The van der Waals surface area contributed by atoms with Crippen LogP contribution in [-0.4, -0.2) is 18.5 Å². The standard InChI is InChI=1S/C19H18F3NO3/c1-12-6-7-16(8-13(12)2)23-17(24)11-26-18(25)10-14-4-3-5-15(9-14)19(20,21)22/h3-9H,10-11H2,1-2H3,(H,23,24). The lowest BCUT2D eigenvalue weighted by molar-refractivity contribution is -0.146. The van der Waals surface area contributed by atoms with Gasteiger partial charge in [0.1, 0.15) is 0 Å². The fourth-order valence-corrected chi connectivity index (χ4v) is 2.24. The highest BCUT2D eigenvalue weighted by Gasteiger charge is 2.30. The average Bonchev–Trinajstić information content (AvgIpc) is 2.56. The van der Waals surface area contributed by atoms with E-state index >= 15 is 0 Å². The van der Waals surface area contributed by atoms with Gasteiger partial charge in [-0.05, 0) is 48.7 Å². The zero-order valence-corrected chi connectivity index (χ0v) is 14.3. The molecule has 0 radical (unpaired) electrons. The number of aryl methyl sites for hydroxylation is 2. The Bertz CT molecular complexity index is 816. The van der Waals surface area contributed by atoms with Crippen molar-refractivity contribution < 1.29 is 27.5 Å². The van der Waals surface area contributed by atoms with E-state index < -0.39 is 30.2 Å². The van der Waals surface area contributed by atoms with Gasteiger partial charge in [0.2, 0.25) is 0 Å². The molecule has 0 unspecified atom stereocenters. The summed E-state index contributed by atoms with van der Waals surface area (Å²) in [5.74, 6) is -1.30. The molecule has 0 atom stereocenters. The van der Waals surface area contributed by atoms with Gasteiger partial charge in [0, 0.05) is 5.69 Å². The van der Waals surface area contributed by atoms with E-state index in [0.29, 0.717) is 5.69 Å². The van der Waals surface area contributed by atoms with Crippen molar-refractivity contribution in [2.24, 2.45) is 0 Å². The molecular formula is C19H18F3NO3. The molecular weight excluding hydrogens is 347 g/mol. The smallest absolute Gasteiger partial charge is 0.416 e. The van der Waals surface area contributed by atoms with E-state index in [4.69, 9.17) is 4.74 Å². The highest BCUT2D eigenvalue weighted by atomic mass is 19.4. The van der Waals surface area contributed by atoms with Crippen LogP contribution in [-0.2, 0) is 26.9 Å². The molecule has 2 aromatic rings. The van der Waals surface area contributed by atoms with Crippen molar-refractivity contribution in [1.82, 2.24) is 0 Å². The molecule has 4 nitrogen and oxygen atoms in total. The molecule has 26 heavy (non-hydrogen) atoms. The third-order valence-corrected chi connectivity index (χ3v) is 3.76. The van der Waals surface area contributed by atoms with E-state index in [1.807, 2.05) is 19.9 Å². The Kier molecular flexibility index (Phi) is 6.02. The van der Waals surface area contributed by atoms with Gasteiger partial charge < -0.3 is 10.1 Å². The van der Waals surface area contributed by atoms with Crippen LogP contribution in [0.3, 0.4) is 0 Å². The molecule has 2 rings (SSSR count). The monoisotopic (exact) mass is 365 g/mol. The summed E-state index contributed by atoms with van der Waals surface area (Å²) in [6.45, 7) is 3.33. The number of hydrogen-bond donors (Lipinski definition) is 1. The second-order valence-electron chi connectivity index (χ2n) is 5.88. The first-order chi connectivity index (χ1) is 12.1. The number of benzene rings is 2. The van der Waals surface area contributed by atoms with E-state index in [2.05, 4.69) is 5.32 Å². The van der Waals surface area contributed by atoms with Crippen molar-refractivity contribution in [2.45, 2.75) is 26.4 Å². The third kappa shape index (κ3) is 5.61. The normalized spacial score (nSPS) is 11.1. The zero-order chi connectivity index (χ0) is 19.3. The molecule has 0 heterocycles. The first-order valence-corrected chi connectivity index (χ1v) is 7.84. The summed E-state index contributed by atoms with van der Waals surface area (Å²) in [6.07, 6.45) is -4.83. The maximum absolute atomic E-state index is 12.7. The summed E-state index contributed by atoms with van der Waals surface area (Å²) in [6, 6.07) is 9.79. The van der Waals surface area contributed by atoms with E-state index in [1.54, 1.807) is 12.1 Å². The van der Waals surface area contributed by atoms with E-state index in [1.165, 1.54) is 12.1 Å². The number of rotatable bonds is 5. The second-order valence-corrected chi connectivity index (χ2v) is 5.88. The number of alkyl halides is 3. The predicted octanol–water partition coefficient (Wildman–Crippen LogP) is 4.05. The van der Waals surface area contributed by atoms with Crippen LogP contribution >= 0.6 is 0 Å². The van der Waals surface area contributed by atoms with Crippen LogP contribution in [0.5, 0.6) is 0 Å². The molecule has 0 spiro atoms. The fourth-order valence-electron chi connectivity index (χ4n) is 2.24. The van der Waals surface area contributed by atoms with Gasteiger partial charge in [-0.15, -0.1) is 0 Å². The number of anilines is 1. The first kappa shape index (κ1) is 19.5. The maximum Gasteiger partial charge on any atom is 0.416 e. The summed E-state index contributed by atoms with van der Waals surface area (Å²) in [7, 11) is 0. The third-order valence-electron chi connectivity index (χ3n) is 3.76. The summed E-state index contributed by atoms with van der Waals surface area (Å²) in [5.41, 5.74) is 1.99. The Morgan fingerprint density at radius 1 is 1.04 bits per heavy atom. The van der Waals surface area contributed by atoms with E-state index in [9.17, 15) is 22.8 Å². The van der Waals surface area contributed by atoms with Gasteiger partial charge in [0.25, 0.3) is 5.91 Å². The summed E-state index contributed by atoms with van der Waals surface area (Å²) in [4.78, 5) is 23.6. The fraction of sp³-hybridized carbons (Fsp3) is 0.263. The van der Waals surface area contributed by atoms with Crippen molar-refractivity contribution in [2.75, 3.05) is 11.9 Å². The zero-order valence-electron chi connectivity index (χ0n) is 14.3. The van der Waals surface area contributed by atoms with Crippen LogP contribution in [0.4, 0.5) is 18.9 Å². The van der Waals surface area contributed by atoms with Crippen molar-refractivity contribution in [3.05, 3.63) is 64.7 Å². The van der Waals surface area contributed by atoms with Crippen molar-refractivity contribution in [3.8, 4) is 0 Å². The molecule has 138 valence electrons. The average molecular weight is 365 g/mol. The van der Waals surface area contributed by atoms with E-state index in [-0.39, 0.29) is 12.0 Å². The van der Waals surface area contributed by atoms with Crippen molar-refractivity contribution >= 4 is 17.6 Å². The minimum Gasteiger partial charge on any atom is -0.455 e. The SMILES string of the molecule is Cc1ccc(NC(=O)COC(=O)Cc2cccc(C(F)(F)F)c2)cc1C. The number of carbonyl (C=O) groups is 2. The Morgan fingerprint density at radius 3 is 2.42 bits per heavy atom. The minimum atomic E-state index is -4.48. The first-order valence-electron chi connectivity index (χ1n) is 7.84. The van der Waals surface area contributed by atoms with Crippen LogP contribution in [0.2, 0.25) is 0 Å². The highest BCUT2D eigenvalue weighted by Crippen LogP contribution is 2.29. The molecule has 2 aromatic carbocycles. The largest absolute Gasteiger partial charge is 0.455 e. The number of halogens is 3. The van der Waals surface area contributed by atoms with Gasteiger partial charge in [-0.2, -0.15) is 13.2 Å². The molecule has 0 saturated carbocycles. The molecule has 1 amide bonds. The lowest BCUT2D eigenvalue weighted by Gasteiger charge is -2.10. The molecule has 0 fully saturated rings. The van der Waals surface area contributed by atoms with Gasteiger partial charge in [0.05, 0.1) is 12.0 Å². The summed E-state index contributed by atoms with van der Waals surface area (Å²) in [5, 5.41) is 2.59. The van der Waals surface area contributed by atoms with Crippen LogP contribution < -0.4 is 5.32 Å².